The zero-order valence-corrected chi connectivity index (χ0v) is 12.0. The molecule has 0 aliphatic carbocycles. The summed E-state index contributed by atoms with van der Waals surface area (Å²) in [5, 5.41) is 9.00. The van der Waals surface area contributed by atoms with Gasteiger partial charge in [0, 0.05) is 5.56 Å². The number of hydrogen-bond donors (Lipinski definition) is 1. The van der Waals surface area contributed by atoms with Gasteiger partial charge in [0.15, 0.2) is 0 Å². The molecule has 0 amide bonds. The van der Waals surface area contributed by atoms with Crippen LogP contribution < -0.4 is 4.74 Å². The van der Waals surface area contributed by atoms with Gasteiger partial charge in [0.2, 0.25) is 0 Å². The lowest BCUT2D eigenvalue weighted by Gasteiger charge is -2.19. The van der Waals surface area contributed by atoms with Crippen molar-refractivity contribution < 1.29 is 14.6 Å². The smallest absolute Gasteiger partial charge is 0.307 e. The highest BCUT2D eigenvalue weighted by Gasteiger charge is 2.16. The topological polar surface area (TPSA) is 46.5 Å². The highest BCUT2D eigenvalue weighted by Crippen LogP contribution is 2.31. The first kappa shape index (κ1) is 14.1. The van der Waals surface area contributed by atoms with Gasteiger partial charge in [0.1, 0.15) is 11.5 Å². The van der Waals surface area contributed by atoms with E-state index in [2.05, 4.69) is 0 Å². The van der Waals surface area contributed by atoms with Crippen LogP contribution in [0.25, 0.3) is 6.08 Å². The zero-order chi connectivity index (χ0) is 15.4. The van der Waals surface area contributed by atoms with E-state index in [4.69, 9.17) is 9.84 Å². The minimum Gasteiger partial charge on any atom is -0.481 e. The second-order valence-corrected chi connectivity index (χ2v) is 5.13. The van der Waals surface area contributed by atoms with Crippen LogP contribution in [0.1, 0.15) is 16.7 Å². The van der Waals surface area contributed by atoms with Crippen molar-refractivity contribution in [2.75, 3.05) is 0 Å². The summed E-state index contributed by atoms with van der Waals surface area (Å²) in [4.78, 5) is 11.0. The fourth-order valence-electron chi connectivity index (χ4n) is 2.45. The molecule has 0 fully saturated rings. The molecule has 0 radical (unpaired) electrons. The van der Waals surface area contributed by atoms with Gasteiger partial charge in [0.05, 0.1) is 6.42 Å². The van der Waals surface area contributed by atoms with Crippen molar-refractivity contribution in [3.8, 4) is 5.75 Å². The standard InChI is InChI=1S/C19H16O3/c20-18(21)13-16-8-4-7-15-10-12-17(22-19(15)16)11-9-14-5-2-1-3-6-14/h1-9,11-12H,10,13H2,(H,20,21)/b11-9+. The number of carboxylic acids is 1. The molecule has 2 aromatic rings. The largest absolute Gasteiger partial charge is 0.481 e. The maximum absolute atomic E-state index is 11.0. The van der Waals surface area contributed by atoms with E-state index >= 15 is 0 Å². The van der Waals surface area contributed by atoms with Crippen LogP contribution >= 0.6 is 0 Å². The Morgan fingerprint density at radius 1 is 1.09 bits per heavy atom. The molecule has 0 aromatic heterocycles. The first-order valence-electron chi connectivity index (χ1n) is 7.16. The lowest BCUT2D eigenvalue weighted by atomic mass is 10.0. The van der Waals surface area contributed by atoms with Gasteiger partial charge in [-0.25, -0.2) is 0 Å². The Labute approximate surface area is 129 Å². The lowest BCUT2D eigenvalue weighted by molar-refractivity contribution is -0.136. The number of para-hydroxylation sites is 1. The average molecular weight is 292 g/mol. The fraction of sp³-hybridized carbons (Fsp3) is 0.105. The minimum atomic E-state index is -0.854. The summed E-state index contributed by atoms with van der Waals surface area (Å²) in [7, 11) is 0. The molecular weight excluding hydrogens is 276 g/mol. The number of hydrogen-bond acceptors (Lipinski definition) is 2. The van der Waals surface area contributed by atoms with Crippen LogP contribution in [0, 0.1) is 0 Å². The van der Waals surface area contributed by atoms with Crippen molar-refractivity contribution in [3.05, 3.63) is 83.1 Å². The summed E-state index contributed by atoms with van der Waals surface area (Å²) in [6.07, 6.45) is 6.62. The summed E-state index contributed by atoms with van der Waals surface area (Å²) in [5.41, 5.74) is 2.83. The van der Waals surface area contributed by atoms with Gasteiger partial charge in [-0.15, -0.1) is 0 Å². The SMILES string of the molecule is O=C(O)Cc1cccc2c1OC(/C=C/c1ccccc1)=CC2. The molecule has 0 saturated carbocycles. The Morgan fingerprint density at radius 3 is 2.68 bits per heavy atom. The molecular formula is C19H16O3. The first-order valence-corrected chi connectivity index (χ1v) is 7.16. The Morgan fingerprint density at radius 2 is 1.91 bits per heavy atom. The summed E-state index contributed by atoms with van der Waals surface area (Å²) < 4.78 is 5.90. The van der Waals surface area contributed by atoms with Crippen LogP contribution in [0.3, 0.4) is 0 Å². The third-order valence-corrected chi connectivity index (χ3v) is 3.50. The van der Waals surface area contributed by atoms with E-state index in [0.29, 0.717) is 11.3 Å². The van der Waals surface area contributed by atoms with Crippen molar-refractivity contribution in [1.29, 1.82) is 0 Å². The maximum Gasteiger partial charge on any atom is 0.307 e. The molecule has 3 nitrogen and oxygen atoms in total. The lowest BCUT2D eigenvalue weighted by Crippen LogP contribution is -2.08. The molecule has 0 unspecified atom stereocenters. The summed E-state index contributed by atoms with van der Waals surface area (Å²) in [5.74, 6) is 0.572. The number of carbonyl (C=O) groups is 1. The number of aliphatic carboxylic acids is 1. The van der Waals surface area contributed by atoms with E-state index in [9.17, 15) is 4.79 Å². The number of allylic oxidation sites excluding steroid dienone is 2. The van der Waals surface area contributed by atoms with Crippen molar-refractivity contribution in [3.63, 3.8) is 0 Å². The number of benzene rings is 2. The zero-order valence-electron chi connectivity index (χ0n) is 12.0. The molecule has 2 aromatic carbocycles. The maximum atomic E-state index is 11.0. The summed E-state index contributed by atoms with van der Waals surface area (Å²) in [6, 6.07) is 15.6. The average Bonchev–Trinajstić information content (AvgIpc) is 2.54. The Hall–Kier alpha value is -2.81. The Balaban J connectivity index is 1.81. The third kappa shape index (κ3) is 3.26. The molecule has 3 rings (SSSR count). The van der Waals surface area contributed by atoms with Gasteiger partial charge < -0.3 is 9.84 Å². The quantitative estimate of drug-likeness (QED) is 0.931. The van der Waals surface area contributed by atoms with Gasteiger partial charge in [-0.05, 0) is 29.7 Å². The molecule has 22 heavy (non-hydrogen) atoms. The minimum absolute atomic E-state index is 0.0289. The molecule has 0 saturated heterocycles. The monoisotopic (exact) mass is 292 g/mol. The molecule has 1 N–H and O–H groups in total. The number of rotatable bonds is 4. The van der Waals surface area contributed by atoms with E-state index in [0.717, 1.165) is 23.3 Å². The van der Waals surface area contributed by atoms with E-state index in [-0.39, 0.29) is 6.42 Å². The summed E-state index contributed by atoms with van der Waals surface area (Å²) >= 11 is 0. The van der Waals surface area contributed by atoms with Gasteiger partial charge in [-0.2, -0.15) is 0 Å². The van der Waals surface area contributed by atoms with E-state index < -0.39 is 5.97 Å². The van der Waals surface area contributed by atoms with Crippen molar-refractivity contribution >= 4 is 12.0 Å². The van der Waals surface area contributed by atoms with Crippen molar-refractivity contribution in [2.24, 2.45) is 0 Å². The molecule has 1 heterocycles. The number of fused-ring (bicyclic) bond motifs is 1. The van der Waals surface area contributed by atoms with Gasteiger partial charge in [-0.3, -0.25) is 4.79 Å². The van der Waals surface area contributed by atoms with Crippen molar-refractivity contribution in [2.45, 2.75) is 12.8 Å². The van der Waals surface area contributed by atoms with Crippen LogP contribution in [-0.2, 0) is 17.6 Å². The van der Waals surface area contributed by atoms with Crippen LogP contribution in [0.15, 0.2) is 66.4 Å². The van der Waals surface area contributed by atoms with E-state index in [1.807, 2.05) is 60.7 Å². The molecule has 0 bridgehead atoms. The van der Waals surface area contributed by atoms with Crippen LogP contribution in [-0.4, -0.2) is 11.1 Å². The Bertz CT molecular complexity index is 743. The Kier molecular flexibility index (Phi) is 4.05. The normalized spacial score (nSPS) is 13.4. The van der Waals surface area contributed by atoms with Gasteiger partial charge >= 0.3 is 5.97 Å². The third-order valence-electron chi connectivity index (χ3n) is 3.50. The number of ether oxygens (including phenoxy) is 1. The van der Waals surface area contributed by atoms with Crippen LogP contribution in [0.2, 0.25) is 0 Å². The molecule has 1 aliphatic rings. The van der Waals surface area contributed by atoms with Gasteiger partial charge in [-0.1, -0.05) is 54.6 Å². The van der Waals surface area contributed by atoms with E-state index in [1.54, 1.807) is 6.07 Å². The molecule has 0 spiro atoms. The van der Waals surface area contributed by atoms with E-state index in [1.165, 1.54) is 0 Å². The molecule has 110 valence electrons. The summed E-state index contributed by atoms with van der Waals surface area (Å²) in [6.45, 7) is 0. The predicted octanol–water partition coefficient (Wildman–Crippen LogP) is 3.85. The first-order chi connectivity index (χ1) is 10.7. The predicted molar refractivity (Wildman–Crippen MR) is 85.7 cm³/mol. The number of carboxylic acid groups (broad SMARTS) is 1. The molecule has 1 aliphatic heterocycles. The van der Waals surface area contributed by atoms with Gasteiger partial charge in [0.25, 0.3) is 0 Å². The van der Waals surface area contributed by atoms with Crippen LogP contribution in [0.5, 0.6) is 5.75 Å². The van der Waals surface area contributed by atoms with Crippen LogP contribution in [0.4, 0.5) is 0 Å². The van der Waals surface area contributed by atoms with Crippen molar-refractivity contribution in [1.82, 2.24) is 0 Å². The molecule has 3 heteroatoms. The fourth-order valence-corrected chi connectivity index (χ4v) is 2.45. The second-order valence-electron chi connectivity index (χ2n) is 5.13. The molecule has 0 atom stereocenters. The highest BCUT2D eigenvalue weighted by molar-refractivity contribution is 5.72. The highest BCUT2D eigenvalue weighted by atomic mass is 16.5. The second kappa shape index (κ2) is 6.31.